The summed E-state index contributed by atoms with van der Waals surface area (Å²) < 4.78 is 12.2. The lowest BCUT2D eigenvalue weighted by molar-refractivity contribution is -0.0812. The smallest absolute Gasteiger partial charge is 0.122 e. The molecule has 1 saturated carbocycles. The lowest BCUT2D eigenvalue weighted by atomic mass is 9.87. The maximum Gasteiger partial charge on any atom is 0.122 e. The summed E-state index contributed by atoms with van der Waals surface area (Å²) in [5.41, 5.74) is 1.67. The number of halogens is 1. The van der Waals surface area contributed by atoms with Gasteiger partial charge in [-0.2, -0.15) is 0 Å². The van der Waals surface area contributed by atoms with Crippen LogP contribution >= 0.6 is 22.9 Å². The van der Waals surface area contributed by atoms with E-state index in [0.717, 1.165) is 34.2 Å². The van der Waals surface area contributed by atoms with Gasteiger partial charge in [0.1, 0.15) is 16.9 Å². The summed E-state index contributed by atoms with van der Waals surface area (Å²) in [6, 6.07) is 5.63. The van der Waals surface area contributed by atoms with Gasteiger partial charge in [-0.25, -0.2) is 4.98 Å². The first-order chi connectivity index (χ1) is 13.0. The Hall–Kier alpha value is -1.18. The van der Waals surface area contributed by atoms with Crippen LogP contribution in [-0.4, -0.2) is 34.0 Å². The molecule has 2 aromatic rings. The van der Waals surface area contributed by atoms with Crippen molar-refractivity contribution in [3.05, 3.63) is 44.9 Å². The van der Waals surface area contributed by atoms with Gasteiger partial charge < -0.3 is 19.7 Å². The van der Waals surface area contributed by atoms with Crippen LogP contribution in [0.2, 0.25) is 5.02 Å². The number of fused-ring (bicyclic) bond motifs is 1. The predicted octanol–water partition coefficient (Wildman–Crippen LogP) is 3.89. The zero-order chi connectivity index (χ0) is 19.0. The summed E-state index contributed by atoms with van der Waals surface area (Å²) in [5, 5.41) is 23.3. The molecule has 5 nitrogen and oxygen atoms in total. The highest BCUT2D eigenvalue weighted by Crippen LogP contribution is 2.46. The number of rotatable bonds is 5. The van der Waals surface area contributed by atoms with Crippen molar-refractivity contribution in [3.8, 4) is 5.75 Å². The lowest BCUT2D eigenvalue weighted by Crippen LogP contribution is -2.33. The molecule has 1 aromatic heterocycles. The van der Waals surface area contributed by atoms with E-state index in [9.17, 15) is 10.2 Å². The van der Waals surface area contributed by atoms with Gasteiger partial charge in [-0.1, -0.05) is 11.6 Å². The molecule has 0 radical (unpaired) electrons. The van der Waals surface area contributed by atoms with Gasteiger partial charge in [0.05, 0.1) is 31.1 Å². The first-order valence-corrected chi connectivity index (χ1v) is 10.6. The topological polar surface area (TPSA) is 71.8 Å². The predicted molar refractivity (Wildman–Crippen MR) is 104 cm³/mol. The minimum Gasteiger partial charge on any atom is -0.493 e. The van der Waals surface area contributed by atoms with Crippen LogP contribution in [0.1, 0.15) is 41.6 Å². The minimum atomic E-state index is -0.420. The average molecular weight is 410 g/mol. The van der Waals surface area contributed by atoms with E-state index in [1.165, 1.54) is 11.3 Å². The highest BCUT2D eigenvalue weighted by atomic mass is 35.5. The first kappa shape index (κ1) is 19.2. The van der Waals surface area contributed by atoms with E-state index in [-0.39, 0.29) is 24.7 Å². The molecule has 2 N–H and O–H groups in total. The van der Waals surface area contributed by atoms with Crippen LogP contribution in [-0.2, 0) is 11.3 Å². The van der Waals surface area contributed by atoms with E-state index in [2.05, 4.69) is 4.98 Å². The fourth-order valence-corrected chi connectivity index (χ4v) is 5.18. The minimum absolute atomic E-state index is 0.0285. The molecule has 0 amide bonds. The van der Waals surface area contributed by atoms with Crippen molar-refractivity contribution >= 4 is 22.9 Å². The van der Waals surface area contributed by atoms with Crippen LogP contribution in [0.25, 0.3) is 0 Å². The summed E-state index contributed by atoms with van der Waals surface area (Å²) in [6.07, 6.45) is 2.06. The summed E-state index contributed by atoms with van der Waals surface area (Å²) >= 11 is 7.60. The second-order valence-corrected chi connectivity index (χ2v) is 8.73. The molecule has 1 saturated heterocycles. The van der Waals surface area contributed by atoms with Crippen molar-refractivity contribution in [1.29, 1.82) is 0 Å². The number of aromatic nitrogens is 1. The summed E-state index contributed by atoms with van der Waals surface area (Å²) in [6.45, 7) is 2.38. The van der Waals surface area contributed by atoms with Gasteiger partial charge in [-0.15, -0.1) is 11.3 Å². The largest absolute Gasteiger partial charge is 0.493 e. The van der Waals surface area contributed by atoms with Crippen LogP contribution in [0.15, 0.2) is 23.6 Å². The molecule has 7 heteroatoms. The molecule has 27 heavy (non-hydrogen) atoms. The van der Waals surface area contributed by atoms with E-state index in [4.69, 9.17) is 21.1 Å². The Morgan fingerprint density at radius 2 is 2.22 bits per heavy atom. The monoisotopic (exact) mass is 409 g/mol. The zero-order valence-corrected chi connectivity index (χ0v) is 16.7. The number of hydrogen-bond donors (Lipinski definition) is 2. The second kappa shape index (κ2) is 8.05. The highest BCUT2D eigenvalue weighted by Gasteiger charge is 2.47. The van der Waals surface area contributed by atoms with Gasteiger partial charge in [-0.05, 0) is 49.4 Å². The maximum absolute atomic E-state index is 10.6. The standard InChI is InChI=1S/C20H24ClNO4S/c1-11-6-13(2-4-16(11)21)25-9-15-14-3-5-18(26-19(14)7-17(15)24)20-22-12(8-23)10-27-20/h2,4,6,10,14-15,17-19,23-24H,3,5,7-9H2,1H3/t14-,15-,17-,18-,19+/m1/s1. The van der Waals surface area contributed by atoms with Crippen LogP contribution in [0.3, 0.4) is 0 Å². The molecule has 0 unspecified atom stereocenters. The number of ether oxygens (including phenoxy) is 2. The highest BCUT2D eigenvalue weighted by molar-refractivity contribution is 7.09. The maximum atomic E-state index is 10.6. The quantitative estimate of drug-likeness (QED) is 0.783. The molecule has 1 aliphatic carbocycles. The Labute approximate surface area is 167 Å². The fourth-order valence-electron chi connectivity index (χ4n) is 4.19. The zero-order valence-electron chi connectivity index (χ0n) is 15.2. The Morgan fingerprint density at radius 1 is 1.37 bits per heavy atom. The lowest BCUT2D eigenvalue weighted by Gasteiger charge is -2.33. The third-order valence-corrected chi connectivity index (χ3v) is 7.09. The average Bonchev–Trinajstić information content (AvgIpc) is 3.26. The number of aliphatic hydroxyl groups is 2. The molecule has 1 aromatic carbocycles. The van der Waals surface area contributed by atoms with Crippen molar-refractivity contribution in [2.75, 3.05) is 6.61 Å². The SMILES string of the molecule is Cc1cc(OC[C@@H]2[C@H]3CC[C@H](c4nc(CO)cs4)O[C@H]3C[C@H]2O)ccc1Cl. The molecule has 4 rings (SSSR count). The van der Waals surface area contributed by atoms with Crippen molar-refractivity contribution in [1.82, 2.24) is 4.98 Å². The summed E-state index contributed by atoms with van der Waals surface area (Å²) in [5.74, 6) is 1.14. The first-order valence-electron chi connectivity index (χ1n) is 9.32. The van der Waals surface area contributed by atoms with Crippen molar-refractivity contribution in [2.24, 2.45) is 11.8 Å². The molecular weight excluding hydrogens is 386 g/mol. The Morgan fingerprint density at radius 3 is 2.96 bits per heavy atom. The van der Waals surface area contributed by atoms with Gasteiger partial charge in [0.2, 0.25) is 0 Å². The van der Waals surface area contributed by atoms with E-state index in [1.54, 1.807) is 0 Å². The summed E-state index contributed by atoms with van der Waals surface area (Å²) in [4.78, 5) is 4.44. The van der Waals surface area contributed by atoms with Crippen molar-refractivity contribution < 1.29 is 19.7 Å². The van der Waals surface area contributed by atoms with E-state index in [1.807, 2.05) is 30.5 Å². The summed E-state index contributed by atoms with van der Waals surface area (Å²) in [7, 11) is 0. The Balaban J connectivity index is 1.38. The van der Waals surface area contributed by atoms with Crippen LogP contribution < -0.4 is 4.74 Å². The van der Waals surface area contributed by atoms with Gasteiger partial charge in [0, 0.05) is 22.7 Å². The van der Waals surface area contributed by atoms with Gasteiger partial charge >= 0.3 is 0 Å². The number of nitrogens with zero attached hydrogens (tertiary/aromatic N) is 1. The number of aliphatic hydroxyl groups excluding tert-OH is 2. The molecule has 5 atom stereocenters. The number of hydrogen-bond acceptors (Lipinski definition) is 6. The third kappa shape index (κ3) is 4.00. The third-order valence-electron chi connectivity index (χ3n) is 5.68. The van der Waals surface area contributed by atoms with Gasteiger partial charge in [0.25, 0.3) is 0 Å². The molecule has 2 heterocycles. The molecule has 2 fully saturated rings. The molecule has 2 aliphatic rings. The van der Waals surface area contributed by atoms with Gasteiger partial charge in [-0.3, -0.25) is 0 Å². The molecule has 0 bridgehead atoms. The molecule has 1 aliphatic heterocycles. The van der Waals surface area contributed by atoms with Crippen LogP contribution in [0.4, 0.5) is 0 Å². The molecule has 146 valence electrons. The van der Waals surface area contributed by atoms with E-state index < -0.39 is 6.10 Å². The fraction of sp³-hybridized carbons (Fsp3) is 0.550. The van der Waals surface area contributed by atoms with Crippen LogP contribution in [0, 0.1) is 18.8 Å². The number of benzene rings is 1. The number of thiazole rings is 1. The number of aryl methyl sites for hydroxylation is 1. The van der Waals surface area contributed by atoms with Crippen molar-refractivity contribution in [2.45, 2.75) is 51.1 Å². The van der Waals surface area contributed by atoms with Crippen molar-refractivity contribution in [3.63, 3.8) is 0 Å². The second-order valence-electron chi connectivity index (χ2n) is 7.43. The molecular formula is C20H24ClNO4S. The van der Waals surface area contributed by atoms with Crippen LogP contribution in [0.5, 0.6) is 5.75 Å². The molecule has 0 spiro atoms. The Kier molecular flexibility index (Phi) is 5.71. The normalized spacial score (nSPS) is 30.3. The van der Waals surface area contributed by atoms with E-state index >= 15 is 0 Å². The Bertz CT molecular complexity index is 798. The van der Waals surface area contributed by atoms with Gasteiger partial charge in [0.15, 0.2) is 0 Å². The van der Waals surface area contributed by atoms with E-state index in [0.29, 0.717) is 24.6 Å².